The van der Waals surface area contributed by atoms with Crippen LogP contribution in [0, 0.1) is 0 Å². The predicted molar refractivity (Wildman–Crippen MR) is 94.4 cm³/mol. The molecule has 2 saturated heterocycles. The molecule has 0 bridgehead atoms. The molecule has 4 rings (SSSR count). The van der Waals surface area contributed by atoms with E-state index in [-0.39, 0.29) is 24.5 Å². The second-order valence-electron chi connectivity index (χ2n) is 7.46. The molecule has 0 aliphatic carbocycles. The molecule has 2 N–H and O–H groups in total. The zero-order chi connectivity index (χ0) is 18.1. The van der Waals surface area contributed by atoms with E-state index in [2.05, 4.69) is 15.3 Å². The van der Waals surface area contributed by atoms with Crippen LogP contribution < -0.4 is 5.32 Å². The van der Waals surface area contributed by atoms with Gasteiger partial charge in [0.25, 0.3) is 0 Å². The minimum Gasteiger partial charge on any atom is -0.375 e. The monoisotopic (exact) mass is 361 g/mol. The maximum absolute atomic E-state index is 12.7. The van der Waals surface area contributed by atoms with Crippen LogP contribution in [0.15, 0.2) is 6.33 Å². The Bertz CT molecular complexity index is 674. The molecule has 3 aliphatic rings. The first-order valence-electron chi connectivity index (χ1n) is 9.50. The van der Waals surface area contributed by atoms with Crippen LogP contribution in [0.3, 0.4) is 0 Å². The third-order valence-corrected chi connectivity index (χ3v) is 6.09. The lowest BCUT2D eigenvalue weighted by atomic mass is 9.78. The van der Waals surface area contributed by atoms with Crippen LogP contribution in [0.2, 0.25) is 0 Å². The normalized spacial score (nSPS) is 24.7. The largest absolute Gasteiger partial charge is 0.375 e. The highest BCUT2D eigenvalue weighted by Gasteiger charge is 2.49. The van der Waals surface area contributed by atoms with Crippen molar-refractivity contribution in [1.29, 1.82) is 0 Å². The summed E-state index contributed by atoms with van der Waals surface area (Å²) in [6.45, 7) is 2.97. The van der Waals surface area contributed by atoms with E-state index in [0.717, 1.165) is 50.0 Å². The third-order valence-electron chi connectivity index (χ3n) is 6.09. The Morgan fingerprint density at radius 2 is 2.15 bits per heavy atom. The smallest absolute Gasteiger partial charge is 0.249 e. The van der Waals surface area contributed by atoms with Crippen molar-refractivity contribution in [3.05, 3.63) is 17.7 Å². The standard InChI is InChI=1S/C18H27N5O3/c1-26-11-15(24)23-8-4-13-16(21-12-20-13)18(23)5-9-22(10-6-18)17(25)14-3-2-7-19-14/h12,14,19H,2-11H2,1H3,(H,20,21). The molecule has 8 heteroatoms. The average molecular weight is 361 g/mol. The van der Waals surface area contributed by atoms with Crippen molar-refractivity contribution in [1.82, 2.24) is 25.1 Å². The van der Waals surface area contributed by atoms with Crippen LogP contribution in [0.25, 0.3) is 0 Å². The fourth-order valence-electron chi connectivity index (χ4n) is 4.76. The van der Waals surface area contributed by atoms with E-state index >= 15 is 0 Å². The van der Waals surface area contributed by atoms with Crippen molar-refractivity contribution in [2.75, 3.05) is 39.9 Å². The number of ether oxygens (including phenoxy) is 1. The van der Waals surface area contributed by atoms with Gasteiger partial charge in [0.15, 0.2) is 0 Å². The van der Waals surface area contributed by atoms with E-state index in [1.54, 1.807) is 13.4 Å². The Kier molecular flexibility index (Phi) is 4.71. The number of aromatic amines is 1. The molecule has 26 heavy (non-hydrogen) atoms. The van der Waals surface area contributed by atoms with E-state index in [0.29, 0.717) is 19.6 Å². The molecule has 0 aromatic carbocycles. The minimum absolute atomic E-state index is 0.00149. The summed E-state index contributed by atoms with van der Waals surface area (Å²) in [5.74, 6) is 0.198. The predicted octanol–water partition coefficient (Wildman–Crippen LogP) is 0.0105. The molecule has 1 aromatic heterocycles. The number of nitrogens with one attached hydrogen (secondary N) is 2. The summed E-state index contributed by atoms with van der Waals surface area (Å²) < 4.78 is 5.09. The highest BCUT2D eigenvalue weighted by molar-refractivity contribution is 5.82. The Morgan fingerprint density at radius 1 is 1.35 bits per heavy atom. The molecular formula is C18H27N5O3. The fourth-order valence-corrected chi connectivity index (χ4v) is 4.76. The molecule has 1 atom stereocenters. The van der Waals surface area contributed by atoms with Gasteiger partial charge in [0.05, 0.1) is 23.6 Å². The van der Waals surface area contributed by atoms with E-state index in [1.807, 2.05) is 9.80 Å². The van der Waals surface area contributed by atoms with Gasteiger partial charge in [0.2, 0.25) is 11.8 Å². The van der Waals surface area contributed by atoms with Gasteiger partial charge >= 0.3 is 0 Å². The summed E-state index contributed by atoms with van der Waals surface area (Å²) in [4.78, 5) is 37.1. The number of hydrogen-bond acceptors (Lipinski definition) is 5. The van der Waals surface area contributed by atoms with Crippen LogP contribution in [-0.2, 0) is 26.3 Å². The number of carbonyl (C=O) groups is 2. The molecule has 0 saturated carbocycles. The Balaban J connectivity index is 1.55. The summed E-state index contributed by atoms with van der Waals surface area (Å²) in [6, 6.07) is -0.0393. The molecule has 2 fully saturated rings. The molecule has 2 amide bonds. The fraction of sp³-hybridized carbons (Fsp3) is 0.722. The number of likely N-dealkylation sites (tertiary alicyclic amines) is 1. The third kappa shape index (κ3) is 2.81. The maximum Gasteiger partial charge on any atom is 0.249 e. The average Bonchev–Trinajstić information content (AvgIpc) is 3.34. The molecular weight excluding hydrogens is 334 g/mol. The van der Waals surface area contributed by atoms with Gasteiger partial charge in [-0.15, -0.1) is 0 Å². The van der Waals surface area contributed by atoms with Gasteiger partial charge in [-0.25, -0.2) is 4.98 Å². The van der Waals surface area contributed by atoms with Crippen LogP contribution in [0.4, 0.5) is 0 Å². The zero-order valence-electron chi connectivity index (χ0n) is 15.3. The number of methoxy groups -OCH3 is 1. The molecule has 3 aliphatic heterocycles. The Labute approximate surface area is 153 Å². The van der Waals surface area contributed by atoms with Crippen LogP contribution in [0.1, 0.15) is 37.1 Å². The van der Waals surface area contributed by atoms with Crippen LogP contribution >= 0.6 is 0 Å². The lowest BCUT2D eigenvalue weighted by Gasteiger charge is -2.50. The summed E-state index contributed by atoms with van der Waals surface area (Å²) in [5.41, 5.74) is 1.66. The lowest BCUT2D eigenvalue weighted by molar-refractivity contribution is -0.148. The van der Waals surface area contributed by atoms with Gasteiger partial charge in [-0.3, -0.25) is 9.59 Å². The first-order valence-corrected chi connectivity index (χ1v) is 9.50. The number of piperidine rings is 1. The Hall–Kier alpha value is -1.93. The van der Waals surface area contributed by atoms with Crippen molar-refractivity contribution >= 4 is 11.8 Å². The molecule has 142 valence electrons. The number of fused-ring (bicyclic) bond motifs is 2. The number of nitrogens with zero attached hydrogens (tertiary/aromatic N) is 3. The highest BCUT2D eigenvalue weighted by atomic mass is 16.5. The van der Waals surface area contributed by atoms with Crippen LogP contribution in [0.5, 0.6) is 0 Å². The summed E-state index contributed by atoms with van der Waals surface area (Å²) in [5, 5.41) is 3.29. The molecule has 0 radical (unpaired) electrons. The number of amides is 2. The summed E-state index contributed by atoms with van der Waals surface area (Å²) >= 11 is 0. The van der Waals surface area contributed by atoms with E-state index in [4.69, 9.17) is 4.74 Å². The van der Waals surface area contributed by atoms with E-state index < -0.39 is 5.54 Å². The van der Waals surface area contributed by atoms with Gasteiger partial charge < -0.3 is 24.8 Å². The van der Waals surface area contributed by atoms with Gasteiger partial charge in [-0.1, -0.05) is 0 Å². The molecule has 1 aromatic rings. The first kappa shape index (κ1) is 17.5. The van der Waals surface area contributed by atoms with Crippen molar-refractivity contribution in [3.8, 4) is 0 Å². The maximum atomic E-state index is 12.7. The number of rotatable bonds is 3. The SMILES string of the molecule is COCC(=O)N1CCc2[nH]cnc2C12CCN(C(=O)C1CCCN1)CC2. The number of hydrogen-bond donors (Lipinski definition) is 2. The summed E-state index contributed by atoms with van der Waals surface area (Å²) in [6.07, 6.45) is 5.92. The Morgan fingerprint density at radius 3 is 2.85 bits per heavy atom. The minimum atomic E-state index is -0.427. The topological polar surface area (TPSA) is 90.6 Å². The summed E-state index contributed by atoms with van der Waals surface area (Å²) in [7, 11) is 1.55. The number of carbonyl (C=O) groups excluding carboxylic acids is 2. The van der Waals surface area contributed by atoms with Crippen molar-refractivity contribution in [2.45, 2.75) is 43.7 Å². The highest BCUT2D eigenvalue weighted by Crippen LogP contribution is 2.42. The second-order valence-corrected chi connectivity index (χ2v) is 7.46. The number of aromatic nitrogens is 2. The van der Waals surface area contributed by atoms with E-state index in [1.165, 1.54) is 0 Å². The van der Waals surface area contributed by atoms with Crippen molar-refractivity contribution in [3.63, 3.8) is 0 Å². The van der Waals surface area contributed by atoms with Crippen LogP contribution in [-0.4, -0.2) is 77.5 Å². The molecule has 1 unspecified atom stereocenters. The number of imidazole rings is 1. The molecule has 8 nitrogen and oxygen atoms in total. The van der Waals surface area contributed by atoms with Gasteiger partial charge in [0.1, 0.15) is 6.61 Å². The second kappa shape index (κ2) is 7.00. The van der Waals surface area contributed by atoms with Crippen molar-refractivity contribution < 1.29 is 14.3 Å². The van der Waals surface area contributed by atoms with Crippen molar-refractivity contribution in [2.24, 2.45) is 0 Å². The van der Waals surface area contributed by atoms with E-state index in [9.17, 15) is 9.59 Å². The lowest BCUT2D eigenvalue weighted by Crippen LogP contribution is -2.60. The number of H-pyrrole nitrogens is 1. The van der Waals surface area contributed by atoms with Gasteiger partial charge in [-0.05, 0) is 32.2 Å². The van der Waals surface area contributed by atoms with Gasteiger partial charge in [0, 0.05) is 38.9 Å². The zero-order valence-corrected chi connectivity index (χ0v) is 15.3. The quantitative estimate of drug-likeness (QED) is 0.792. The molecule has 4 heterocycles. The van der Waals surface area contributed by atoms with Gasteiger partial charge in [-0.2, -0.15) is 0 Å². The first-order chi connectivity index (χ1) is 12.7. The molecule has 1 spiro atoms.